The molecule has 1 rings (SSSR count). The van der Waals surface area contributed by atoms with Crippen LogP contribution in [-0.4, -0.2) is 26.2 Å². The first-order valence-corrected chi connectivity index (χ1v) is 5.83. The molecule has 0 aliphatic carbocycles. The van der Waals surface area contributed by atoms with Gasteiger partial charge in [0.2, 0.25) is 0 Å². The highest BCUT2D eigenvalue weighted by Gasteiger charge is 1.93. The van der Waals surface area contributed by atoms with Crippen molar-refractivity contribution in [2.24, 2.45) is 0 Å². The van der Waals surface area contributed by atoms with E-state index in [1.807, 2.05) is 0 Å². The molecule has 0 aromatic heterocycles. The van der Waals surface area contributed by atoms with E-state index in [-0.39, 0.29) is 0 Å². The van der Waals surface area contributed by atoms with Gasteiger partial charge in [0.05, 0.1) is 0 Å². The molecule has 13 heavy (non-hydrogen) atoms. The first kappa shape index (κ1) is 12.9. The summed E-state index contributed by atoms with van der Waals surface area (Å²) in [5.41, 5.74) is 0. The zero-order chi connectivity index (χ0) is 9.78. The SMILES string of the molecule is C1CCNCC1.CCCNCCC. The van der Waals surface area contributed by atoms with Gasteiger partial charge in [-0.15, -0.1) is 0 Å². The second-order valence-corrected chi connectivity index (χ2v) is 3.56. The maximum absolute atomic E-state index is 3.28. The maximum Gasteiger partial charge on any atom is -0.00489 e. The Bertz CT molecular complexity index is 64.6. The fourth-order valence-electron chi connectivity index (χ4n) is 1.28. The van der Waals surface area contributed by atoms with Gasteiger partial charge >= 0.3 is 0 Å². The van der Waals surface area contributed by atoms with Crippen LogP contribution in [0.2, 0.25) is 0 Å². The number of rotatable bonds is 4. The molecule has 1 aliphatic rings. The van der Waals surface area contributed by atoms with Gasteiger partial charge in [0, 0.05) is 0 Å². The smallest absolute Gasteiger partial charge is 0.00489 e. The summed E-state index contributed by atoms with van der Waals surface area (Å²) in [4.78, 5) is 0. The Hall–Kier alpha value is -0.0800. The third kappa shape index (κ3) is 11.9. The van der Waals surface area contributed by atoms with Gasteiger partial charge in [-0.1, -0.05) is 20.3 Å². The average Bonchev–Trinajstić information content (AvgIpc) is 2.22. The van der Waals surface area contributed by atoms with Gasteiger partial charge in [0.15, 0.2) is 0 Å². The van der Waals surface area contributed by atoms with Crippen LogP contribution in [0.15, 0.2) is 0 Å². The molecule has 1 aliphatic heterocycles. The normalized spacial score (nSPS) is 16.2. The zero-order valence-electron chi connectivity index (χ0n) is 9.36. The van der Waals surface area contributed by atoms with Crippen molar-refractivity contribution in [3.05, 3.63) is 0 Å². The van der Waals surface area contributed by atoms with Gasteiger partial charge in [-0.05, 0) is 51.9 Å². The molecule has 0 aromatic rings. The molecular formula is C11H26N2. The molecule has 0 aromatic carbocycles. The summed E-state index contributed by atoms with van der Waals surface area (Å²) in [7, 11) is 0. The highest BCUT2D eigenvalue weighted by Crippen LogP contribution is 1.96. The van der Waals surface area contributed by atoms with Crippen molar-refractivity contribution in [1.82, 2.24) is 10.6 Å². The van der Waals surface area contributed by atoms with Crippen molar-refractivity contribution in [2.45, 2.75) is 46.0 Å². The molecule has 2 N–H and O–H groups in total. The van der Waals surface area contributed by atoms with E-state index in [4.69, 9.17) is 0 Å². The van der Waals surface area contributed by atoms with Gasteiger partial charge in [0.1, 0.15) is 0 Å². The molecule has 0 atom stereocenters. The van der Waals surface area contributed by atoms with Gasteiger partial charge in [-0.25, -0.2) is 0 Å². The third-order valence-electron chi connectivity index (χ3n) is 2.06. The molecule has 2 nitrogen and oxygen atoms in total. The van der Waals surface area contributed by atoms with Crippen LogP contribution in [0, 0.1) is 0 Å². The van der Waals surface area contributed by atoms with Gasteiger partial charge < -0.3 is 10.6 Å². The standard InChI is InChI=1S/C6H15N.C5H11N/c1-3-5-7-6-4-2;1-2-4-6-5-3-1/h7H,3-6H2,1-2H3;6H,1-5H2. The first-order chi connectivity index (χ1) is 6.41. The van der Waals surface area contributed by atoms with E-state index in [1.165, 1.54) is 58.3 Å². The largest absolute Gasteiger partial charge is 0.317 e. The number of hydrogen-bond acceptors (Lipinski definition) is 2. The van der Waals surface area contributed by atoms with E-state index in [9.17, 15) is 0 Å². The molecule has 0 saturated carbocycles. The summed E-state index contributed by atoms with van der Waals surface area (Å²) in [6.07, 6.45) is 6.72. The molecule has 0 bridgehead atoms. The number of piperidine rings is 1. The highest BCUT2D eigenvalue weighted by atomic mass is 14.9. The van der Waals surface area contributed by atoms with Crippen molar-refractivity contribution in [2.75, 3.05) is 26.2 Å². The van der Waals surface area contributed by atoms with Crippen LogP contribution in [-0.2, 0) is 0 Å². The molecule has 0 radical (unpaired) electrons. The van der Waals surface area contributed by atoms with Gasteiger partial charge in [0.25, 0.3) is 0 Å². The van der Waals surface area contributed by atoms with Crippen LogP contribution in [0.4, 0.5) is 0 Å². The lowest BCUT2D eigenvalue weighted by Crippen LogP contribution is -2.21. The van der Waals surface area contributed by atoms with Gasteiger partial charge in [-0.2, -0.15) is 0 Å². The van der Waals surface area contributed by atoms with Crippen molar-refractivity contribution in [3.8, 4) is 0 Å². The lowest BCUT2D eigenvalue weighted by molar-refractivity contribution is 0.520. The van der Waals surface area contributed by atoms with Crippen LogP contribution in [0.3, 0.4) is 0 Å². The second kappa shape index (κ2) is 11.9. The summed E-state index contributed by atoms with van der Waals surface area (Å²) < 4.78 is 0. The molecule has 1 fully saturated rings. The fraction of sp³-hybridized carbons (Fsp3) is 1.00. The maximum atomic E-state index is 3.28. The predicted octanol–water partition coefficient (Wildman–Crippen LogP) is 2.16. The molecule has 1 saturated heterocycles. The Morgan fingerprint density at radius 1 is 0.923 bits per heavy atom. The van der Waals surface area contributed by atoms with Crippen LogP contribution in [0.1, 0.15) is 46.0 Å². The summed E-state index contributed by atoms with van der Waals surface area (Å²) in [5.74, 6) is 0. The molecule has 2 heteroatoms. The van der Waals surface area contributed by atoms with E-state index in [2.05, 4.69) is 24.5 Å². The van der Waals surface area contributed by atoms with Crippen LogP contribution >= 0.6 is 0 Å². The fourth-order valence-corrected chi connectivity index (χ4v) is 1.28. The van der Waals surface area contributed by atoms with Crippen molar-refractivity contribution >= 4 is 0 Å². The van der Waals surface area contributed by atoms with Crippen molar-refractivity contribution in [3.63, 3.8) is 0 Å². The van der Waals surface area contributed by atoms with Crippen LogP contribution < -0.4 is 10.6 Å². The molecule has 1 heterocycles. The summed E-state index contributed by atoms with van der Waals surface area (Å²) >= 11 is 0. The van der Waals surface area contributed by atoms with Crippen LogP contribution in [0.25, 0.3) is 0 Å². The zero-order valence-corrected chi connectivity index (χ0v) is 9.36. The Labute approximate surface area is 83.5 Å². The van der Waals surface area contributed by atoms with Crippen LogP contribution in [0.5, 0.6) is 0 Å². The van der Waals surface area contributed by atoms with E-state index in [1.54, 1.807) is 0 Å². The minimum Gasteiger partial charge on any atom is -0.317 e. The van der Waals surface area contributed by atoms with E-state index < -0.39 is 0 Å². The Balaban J connectivity index is 0.000000223. The lowest BCUT2D eigenvalue weighted by atomic mass is 10.2. The molecule has 0 spiro atoms. The average molecular weight is 186 g/mol. The minimum atomic E-state index is 1.17. The summed E-state index contributed by atoms with van der Waals surface area (Å²) in [5, 5.41) is 6.57. The predicted molar refractivity (Wildman–Crippen MR) is 60.2 cm³/mol. The van der Waals surface area contributed by atoms with Gasteiger partial charge in [-0.3, -0.25) is 0 Å². The van der Waals surface area contributed by atoms with E-state index in [0.717, 1.165) is 0 Å². The quantitative estimate of drug-likeness (QED) is 0.657. The summed E-state index contributed by atoms with van der Waals surface area (Å²) in [6, 6.07) is 0. The molecule has 0 amide bonds. The topological polar surface area (TPSA) is 24.1 Å². The molecule has 0 unspecified atom stereocenters. The molecule has 80 valence electrons. The Morgan fingerprint density at radius 2 is 1.46 bits per heavy atom. The summed E-state index contributed by atoms with van der Waals surface area (Å²) in [6.45, 7) is 9.22. The first-order valence-electron chi connectivity index (χ1n) is 5.83. The minimum absolute atomic E-state index is 1.17. The van der Waals surface area contributed by atoms with E-state index >= 15 is 0 Å². The monoisotopic (exact) mass is 186 g/mol. The number of nitrogens with one attached hydrogen (secondary N) is 2. The van der Waals surface area contributed by atoms with Crippen molar-refractivity contribution < 1.29 is 0 Å². The lowest BCUT2D eigenvalue weighted by Gasteiger charge is -2.08. The Kier molecular flexibility index (Phi) is 11.8. The van der Waals surface area contributed by atoms with E-state index in [0.29, 0.717) is 0 Å². The molecular weight excluding hydrogens is 160 g/mol. The third-order valence-corrected chi connectivity index (χ3v) is 2.06. The highest BCUT2D eigenvalue weighted by molar-refractivity contribution is 4.55. The Morgan fingerprint density at radius 3 is 1.69 bits per heavy atom. The second-order valence-electron chi connectivity index (χ2n) is 3.56. The van der Waals surface area contributed by atoms with Crippen molar-refractivity contribution in [1.29, 1.82) is 0 Å². The number of hydrogen-bond donors (Lipinski definition) is 2.